The normalized spacial score (nSPS) is 13.7. The highest BCUT2D eigenvalue weighted by Crippen LogP contribution is 2.33. The van der Waals surface area contributed by atoms with E-state index in [9.17, 15) is 4.39 Å². The van der Waals surface area contributed by atoms with Crippen molar-refractivity contribution >= 4 is 5.69 Å². The monoisotopic (exact) mass is 248 g/mol. The Hall–Kier alpha value is -1.61. The van der Waals surface area contributed by atoms with Gasteiger partial charge in [-0.3, -0.25) is 0 Å². The maximum atomic E-state index is 13.5. The van der Waals surface area contributed by atoms with E-state index in [-0.39, 0.29) is 5.82 Å². The summed E-state index contributed by atoms with van der Waals surface area (Å²) in [6, 6.07) is 4.88. The van der Waals surface area contributed by atoms with Crippen LogP contribution >= 0.6 is 0 Å². The summed E-state index contributed by atoms with van der Waals surface area (Å²) >= 11 is 0. The fourth-order valence-corrected chi connectivity index (χ4v) is 1.68. The number of allylic oxidation sites excluding steroid dienone is 2. The molecule has 2 nitrogen and oxygen atoms in total. The van der Waals surface area contributed by atoms with Gasteiger partial charge in [0.15, 0.2) is 0 Å². The molecule has 1 aliphatic rings. The van der Waals surface area contributed by atoms with Crippen molar-refractivity contribution in [3.05, 3.63) is 53.0 Å². The van der Waals surface area contributed by atoms with E-state index in [1.807, 2.05) is 20.8 Å². The molecule has 0 saturated carbocycles. The fourth-order valence-electron chi connectivity index (χ4n) is 1.68. The molecule has 2 rings (SSSR count). The van der Waals surface area contributed by atoms with Crippen LogP contribution in [0.1, 0.15) is 32.8 Å². The fraction of sp³-hybridized carbons (Fsp3) is 0.333. The molecule has 3 heteroatoms. The Morgan fingerprint density at radius 3 is 2.56 bits per heavy atom. The van der Waals surface area contributed by atoms with Gasteiger partial charge in [-0.05, 0) is 35.8 Å². The molecule has 0 saturated heterocycles. The summed E-state index contributed by atoms with van der Waals surface area (Å²) in [5, 5.41) is 3.09. The van der Waals surface area contributed by atoms with Gasteiger partial charge in [0.1, 0.15) is 5.82 Å². The molecule has 98 valence electrons. The minimum atomic E-state index is -0.255. The molecule has 3 N–H and O–H groups in total. The van der Waals surface area contributed by atoms with E-state index in [0.717, 1.165) is 28.8 Å². The number of halogens is 1. The van der Waals surface area contributed by atoms with Gasteiger partial charge in [-0.2, -0.15) is 0 Å². The van der Waals surface area contributed by atoms with Crippen molar-refractivity contribution < 1.29 is 4.39 Å². The van der Waals surface area contributed by atoms with Gasteiger partial charge < -0.3 is 11.1 Å². The Morgan fingerprint density at radius 1 is 1.39 bits per heavy atom. The van der Waals surface area contributed by atoms with Crippen LogP contribution in [-0.4, -0.2) is 0 Å². The van der Waals surface area contributed by atoms with Crippen LogP contribution < -0.4 is 11.1 Å². The van der Waals surface area contributed by atoms with Crippen LogP contribution in [0.25, 0.3) is 0 Å². The van der Waals surface area contributed by atoms with Crippen molar-refractivity contribution in [2.24, 2.45) is 5.73 Å². The van der Waals surface area contributed by atoms with Crippen LogP contribution in [0.5, 0.6) is 0 Å². The average molecular weight is 248 g/mol. The van der Waals surface area contributed by atoms with Crippen LogP contribution in [0.4, 0.5) is 10.1 Å². The van der Waals surface area contributed by atoms with E-state index in [1.165, 1.54) is 6.07 Å². The topological polar surface area (TPSA) is 38.0 Å². The SMILES string of the molecule is C=C1CC(Nc2cc(CN)ccc2F)=C1C.CC. The zero-order chi connectivity index (χ0) is 13.7. The molecular formula is C15H21FN2. The van der Waals surface area contributed by atoms with E-state index in [2.05, 4.69) is 11.9 Å². The first-order chi connectivity index (χ1) is 8.61. The minimum Gasteiger partial charge on any atom is -0.356 e. The second kappa shape index (κ2) is 6.36. The summed E-state index contributed by atoms with van der Waals surface area (Å²) < 4.78 is 13.5. The molecule has 0 atom stereocenters. The smallest absolute Gasteiger partial charge is 0.146 e. The van der Waals surface area contributed by atoms with Gasteiger partial charge in [0.25, 0.3) is 0 Å². The number of rotatable bonds is 3. The first-order valence-electron chi connectivity index (χ1n) is 6.25. The van der Waals surface area contributed by atoms with Crippen molar-refractivity contribution in [3.63, 3.8) is 0 Å². The lowest BCUT2D eigenvalue weighted by atomic mass is 9.90. The largest absolute Gasteiger partial charge is 0.356 e. The maximum Gasteiger partial charge on any atom is 0.146 e. The standard InChI is InChI=1S/C13H15FN2.C2H6/c1-8-5-12(9(8)2)16-13-6-10(7-15)3-4-11(13)14;1-2/h3-4,6,16H,1,5,7,15H2,2H3;1-2H3. The molecule has 0 heterocycles. The lowest BCUT2D eigenvalue weighted by Crippen LogP contribution is -2.14. The highest BCUT2D eigenvalue weighted by atomic mass is 19.1. The molecule has 0 aliphatic heterocycles. The van der Waals surface area contributed by atoms with Gasteiger partial charge in [0.2, 0.25) is 0 Å². The molecule has 0 unspecified atom stereocenters. The predicted octanol–water partition coefficient (Wildman–Crippen LogP) is 3.96. The Bertz CT molecular complexity index is 475. The third kappa shape index (κ3) is 2.99. The van der Waals surface area contributed by atoms with Crippen LogP contribution in [0.2, 0.25) is 0 Å². The predicted molar refractivity (Wildman–Crippen MR) is 75.7 cm³/mol. The van der Waals surface area contributed by atoms with Crippen LogP contribution in [0, 0.1) is 5.82 Å². The summed E-state index contributed by atoms with van der Waals surface area (Å²) in [5.41, 5.74) is 10.2. The lowest BCUT2D eigenvalue weighted by Gasteiger charge is -2.25. The van der Waals surface area contributed by atoms with Gasteiger partial charge in [0.05, 0.1) is 5.69 Å². The Balaban J connectivity index is 0.000000771. The maximum absolute atomic E-state index is 13.5. The van der Waals surface area contributed by atoms with E-state index in [0.29, 0.717) is 12.2 Å². The average Bonchev–Trinajstić information content (AvgIpc) is 2.42. The number of hydrogen-bond donors (Lipinski definition) is 2. The summed E-state index contributed by atoms with van der Waals surface area (Å²) in [6.45, 7) is 10.3. The number of hydrogen-bond acceptors (Lipinski definition) is 2. The molecule has 1 aliphatic carbocycles. The van der Waals surface area contributed by atoms with Crippen molar-refractivity contribution in [1.82, 2.24) is 0 Å². The number of nitrogens with two attached hydrogens (primary N) is 1. The van der Waals surface area contributed by atoms with Crippen molar-refractivity contribution in [3.8, 4) is 0 Å². The van der Waals surface area contributed by atoms with Crippen molar-refractivity contribution in [2.45, 2.75) is 33.7 Å². The van der Waals surface area contributed by atoms with E-state index in [4.69, 9.17) is 5.73 Å². The molecule has 0 aromatic heterocycles. The second-order valence-electron chi connectivity index (χ2n) is 4.03. The first-order valence-corrected chi connectivity index (χ1v) is 6.25. The highest BCUT2D eigenvalue weighted by molar-refractivity contribution is 5.58. The summed E-state index contributed by atoms with van der Waals surface area (Å²) in [6.07, 6.45) is 0.804. The molecule has 0 amide bonds. The molecule has 0 fully saturated rings. The van der Waals surface area contributed by atoms with Gasteiger partial charge in [-0.15, -0.1) is 0 Å². The quantitative estimate of drug-likeness (QED) is 0.849. The minimum absolute atomic E-state index is 0.255. The molecule has 1 aromatic rings. The third-order valence-corrected chi connectivity index (χ3v) is 2.93. The molecule has 18 heavy (non-hydrogen) atoms. The van der Waals surface area contributed by atoms with E-state index < -0.39 is 0 Å². The number of nitrogens with one attached hydrogen (secondary N) is 1. The van der Waals surface area contributed by atoms with Crippen molar-refractivity contribution in [2.75, 3.05) is 5.32 Å². The summed E-state index contributed by atoms with van der Waals surface area (Å²) in [5.74, 6) is -0.255. The zero-order valence-corrected chi connectivity index (χ0v) is 11.3. The Labute approximate surface area is 108 Å². The van der Waals surface area contributed by atoms with Gasteiger partial charge in [-0.25, -0.2) is 4.39 Å². The highest BCUT2D eigenvalue weighted by Gasteiger charge is 2.18. The molecule has 0 bridgehead atoms. The van der Waals surface area contributed by atoms with E-state index >= 15 is 0 Å². The van der Waals surface area contributed by atoms with Crippen molar-refractivity contribution in [1.29, 1.82) is 0 Å². The van der Waals surface area contributed by atoms with Gasteiger partial charge >= 0.3 is 0 Å². The van der Waals surface area contributed by atoms with Gasteiger partial charge in [0, 0.05) is 18.7 Å². The van der Waals surface area contributed by atoms with E-state index in [1.54, 1.807) is 12.1 Å². The summed E-state index contributed by atoms with van der Waals surface area (Å²) in [4.78, 5) is 0. The molecule has 0 spiro atoms. The Kier molecular flexibility index (Phi) is 5.10. The lowest BCUT2D eigenvalue weighted by molar-refractivity contribution is 0.630. The van der Waals surface area contributed by atoms with Crippen LogP contribution in [-0.2, 0) is 6.54 Å². The molecule has 0 radical (unpaired) electrons. The second-order valence-corrected chi connectivity index (χ2v) is 4.03. The Morgan fingerprint density at radius 2 is 2.06 bits per heavy atom. The van der Waals surface area contributed by atoms with Crippen LogP contribution in [0.3, 0.4) is 0 Å². The number of anilines is 1. The third-order valence-electron chi connectivity index (χ3n) is 2.93. The zero-order valence-electron chi connectivity index (χ0n) is 11.3. The summed E-state index contributed by atoms with van der Waals surface area (Å²) in [7, 11) is 0. The molecular weight excluding hydrogens is 227 g/mol. The molecule has 1 aromatic carbocycles. The first kappa shape index (κ1) is 14.5. The van der Waals surface area contributed by atoms with Crippen LogP contribution in [0.15, 0.2) is 41.6 Å². The number of benzene rings is 1. The van der Waals surface area contributed by atoms with Gasteiger partial charge in [-0.1, -0.05) is 26.5 Å².